The van der Waals surface area contributed by atoms with E-state index in [-0.39, 0.29) is 17.6 Å². The number of methoxy groups -OCH3 is 1. The molecule has 0 saturated heterocycles. The van der Waals surface area contributed by atoms with Crippen LogP contribution in [-0.2, 0) is 31.5 Å². The van der Waals surface area contributed by atoms with Crippen LogP contribution >= 0.6 is 0 Å². The Morgan fingerprint density at radius 3 is 2.36 bits per heavy atom. The Morgan fingerprint density at radius 1 is 1.11 bits per heavy atom. The topological polar surface area (TPSA) is 140 Å². The van der Waals surface area contributed by atoms with Gasteiger partial charge in [0.05, 0.1) is 12.9 Å². The van der Waals surface area contributed by atoms with Crippen molar-refractivity contribution in [3.8, 4) is 11.5 Å². The second-order valence-electron chi connectivity index (χ2n) is 12.7. The van der Waals surface area contributed by atoms with Crippen LogP contribution in [0.25, 0.3) is 11.5 Å². The summed E-state index contributed by atoms with van der Waals surface area (Å²) < 4.78 is 43.3. The van der Waals surface area contributed by atoms with Crippen molar-refractivity contribution in [3.63, 3.8) is 0 Å². The first-order chi connectivity index (χ1) is 20.6. The van der Waals surface area contributed by atoms with E-state index in [0.29, 0.717) is 42.8 Å². The smallest absolute Gasteiger partial charge is 0.408 e. The Bertz CT molecular complexity index is 1540. The van der Waals surface area contributed by atoms with Crippen LogP contribution in [0.4, 0.5) is 16.4 Å². The SMILES string of the molecule is COCCN(C[C@@H]1C[C@H]1C)c1cc(-c2nnc([C@@](C)(Cc3ccccc3)NC(=O)OC(C)(C)C)o2)cc(N(C)S(C)(=O)=O)n1. The highest BCUT2D eigenvalue weighted by molar-refractivity contribution is 7.92. The van der Waals surface area contributed by atoms with Crippen LogP contribution in [0.2, 0.25) is 0 Å². The predicted molar refractivity (Wildman–Crippen MR) is 169 cm³/mol. The van der Waals surface area contributed by atoms with E-state index in [2.05, 4.69) is 27.3 Å². The fourth-order valence-corrected chi connectivity index (χ4v) is 5.26. The molecule has 44 heavy (non-hydrogen) atoms. The van der Waals surface area contributed by atoms with Crippen molar-refractivity contribution in [2.45, 2.75) is 58.6 Å². The molecule has 0 unspecified atom stereocenters. The molecule has 0 bridgehead atoms. The average Bonchev–Trinajstić information content (AvgIpc) is 3.39. The molecule has 1 aliphatic carbocycles. The van der Waals surface area contributed by atoms with Gasteiger partial charge < -0.3 is 24.1 Å². The maximum atomic E-state index is 12.9. The normalized spacial score (nSPS) is 17.9. The lowest BCUT2D eigenvalue weighted by atomic mass is 9.92. The number of carbonyl (C=O) groups is 1. The lowest BCUT2D eigenvalue weighted by molar-refractivity contribution is 0.0443. The van der Waals surface area contributed by atoms with Gasteiger partial charge in [0.25, 0.3) is 0 Å². The molecule has 1 aliphatic rings. The summed E-state index contributed by atoms with van der Waals surface area (Å²) in [6, 6.07) is 13.1. The Labute approximate surface area is 260 Å². The minimum Gasteiger partial charge on any atom is -0.444 e. The molecule has 2 heterocycles. The van der Waals surface area contributed by atoms with Crippen LogP contribution in [0.1, 0.15) is 52.5 Å². The van der Waals surface area contributed by atoms with Crippen LogP contribution in [-0.4, -0.2) is 75.4 Å². The summed E-state index contributed by atoms with van der Waals surface area (Å²) in [5.74, 6) is 2.23. The first-order valence-corrected chi connectivity index (χ1v) is 16.5. The monoisotopic (exact) mass is 628 g/mol. The molecular formula is C31H44N6O6S. The number of amides is 1. The number of anilines is 2. The first kappa shape index (κ1) is 33.2. The van der Waals surface area contributed by atoms with Crippen LogP contribution in [0.3, 0.4) is 0 Å². The van der Waals surface area contributed by atoms with E-state index < -0.39 is 27.3 Å². The molecule has 240 valence electrons. The predicted octanol–water partition coefficient (Wildman–Crippen LogP) is 4.62. The lowest BCUT2D eigenvalue weighted by Gasteiger charge is -2.29. The molecule has 1 aromatic carbocycles. The van der Waals surface area contributed by atoms with Crippen molar-refractivity contribution in [3.05, 3.63) is 53.9 Å². The maximum Gasteiger partial charge on any atom is 0.408 e. The summed E-state index contributed by atoms with van der Waals surface area (Å²) in [6.07, 6.45) is 1.97. The summed E-state index contributed by atoms with van der Waals surface area (Å²) in [5, 5.41) is 11.6. The molecule has 1 fully saturated rings. The van der Waals surface area contributed by atoms with Gasteiger partial charge in [0.15, 0.2) is 0 Å². The molecule has 3 atom stereocenters. The number of aromatic nitrogens is 3. The van der Waals surface area contributed by atoms with Gasteiger partial charge in [-0.25, -0.2) is 18.2 Å². The summed E-state index contributed by atoms with van der Waals surface area (Å²) in [4.78, 5) is 19.8. The molecule has 0 radical (unpaired) electrons. The number of nitrogens with one attached hydrogen (secondary N) is 1. The van der Waals surface area contributed by atoms with Gasteiger partial charge in [0.2, 0.25) is 21.8 Å². The van der Waals surface area contributed by atoms with Crippen molar-refractivity contribution >= 4 is 27.8 Å². The largest absolute Gasteiger partial charge is 0.444 e. The number of benzene rings is 1. The number of hydrogen-bond acceptors (Lipinski definition) is 10. The van der Waals surface area contributed by atoms with Crippen LogP contribution < -0.4 is 14.5 Å². The number of alkyl carbamates (subject to hydrolysis) is 1. The van der Waals surface area contributed by atoms with Crippen molar-refractivity contribution in [2.24, 2.45) is 11.8 Å². The number of carbonyl (C=O) groups excluding carboxylic acids is 1. The highest BCUT2D eigenvalue weighted by Gasteiger charge is 2.37. The van der Waals surface area contributed by atoms with Gasteiger partial charge in [-0.05, 0) is 63.6 Å². The Hall–Kier alpha value is -3.71. The lowest BCUT2D eigenvalue weighted by Crippen LogP contribution is -2.47. The van der Waals surface area contributed by atoms with E-state index in [0.717, 1.165) is 29.1 Å². The minimum absolute atomic E-state index is 0.156. The van der Waals surface area contributed by atoms with Gasteiger partial charge in [0.1, 0.15) is 22.8 Å². The summed E-state index contributed by atoms with van der Waals surface area (Å²) in [7, 11) is -0.521. The minimum atomic E-state index is -3.62. The quantitative estimate of drug-likeness (QED) is 0.285. The number of ether oxygens (including phenoxy) is 2. The molecule has 3 aromatic rings. The molecule has 1 amide bonds. The van der Waals surface area contributed by atoms with Crippen molar-refractivity contribution in [2.75, 3.05) is 49.3 Å². The van der Waals surface area contributed by atoms with Crippen LogP contribution in [0.15, 0.2) is 46.9 Å². The van der Waals surface area contributed by atoms with Gasteiger partial charge in [-0.1, -0.05) is 37.3 Å². The summed E-state index contributed by atoms with van der Waals surface area (Å²) in [6.45, 7) is 11.2. The van der Waals surface area contributed by atoms with Gasteiger partial charge in [-0.2, -0.15) is 0 Å². The summed E-state index contributed by atoms with van der Waals surface area (Å²) in [5.41, 5.74) is -0.397. The zero-order valence-corrected chi connectivity index (χ0v) is 27.6. The fourth-order valence-electron chi connectivity index (χ4n) is 4.82. The number of pyridine rings is 1. The molecule has 13 heteroatoms. The number of hydrogen-bond donors (Lipinski definition) is 1. The van der Waals surface area contributed by atoms with Crippen molar-refractivity contribution in [1.29, 1.82) is 0 Å². The zero-order valence-electron chi connectivity index (χ0n) is 26.8. The molecule has 2 aromatic heterocycles. The first-order valence-electron chi connectivity index (χ1n) is 14.7. The van der Waals surface area contributed by atoms with Crippen molar-refractivity contribution < 1.29 is 27.1 Å². The average molecular weight is 629 g/mol. The molecular weight excluding hydrogens is 584 g/mol. The highest BCUT2D eigenvalue weighted by atomic mass is 32.2. The van der Waals surface area contributed by atoms with E-state index >= 15 is 0 Å². The van der Waals surface area contributed by atoms with Gasteiger partial charge >= 0.3 is 6.09 Å². The molecule has 12 nitrogen and oxygen atoms in total. The van der Waals surface area contributed by atoms with E-state index in [1.807, 2.05) is 36.4 Å². The Kier molecular flexibility index (Phi) is 9.89. The Balaban J connectivity index is 1.76. The maximum absolute atomic E-state index is 12.9. The van der Waals surface area contributed by atoms with E-state index in [1.54, 1.807) is 40.9 Å². The van der Waals surface area contributed by atoms with Crippen LogP contribution in [0, 0.1) is 11.8 Å². The third-order valence-electron chi connectivity index (χ3n) is 7.56. The molecule has 1 saturated carbocycles. The van der Waals surface area contributed by atoms with Crippen LogP contribution in [0.5, 0.6) is 0 Å². The van der Waals surface area contributed by atoms with Crippen molar-refractivity contribution in [1.82, 2.24) is 20.5 Å². The molecule has 1 N–H and O–H groups in total. The van der Waals surface area contributed by atoms with E-state index in [9.17, 15) is 13.2 Å². The standard InChI is InChI=1S/C31H44N6O6S/c1-21-16-24(21)20-37(14-15-41-7)26-18-23(17-25(32-26)36(6)44(8,39)40)27-34-35-28(42-27)31(5,19-22-12-10-9-11-13-22)33-29(38)43-30(2,3)4/h9-13,17-18,21,24H,14-16,19-20H2,1-8H3,(H,33,38)/t21-,24+,31-/m1/s1. The highest BCUT2D eigenvalue weighted by Crippen LogP contribution is 2.39. The molecule has 4 rings (SSSR count). The summed E-state index contributed by atoms with van der Waals surface area (Å²) >= 11 is 0. The number of rotatable bonds is 13. The van der Waals surface area contributed by atoms with E-state index in [1.165, 1.54) is 7.05 Å². The van der Waals surface area contributed by atoms with Gasteiger partial charge in [-0.3, -0.25) is 4.31 Å². The third kappa shape index (κ3) is 8.69. The molecule has 0 spiro atoms. The third-order valence-corrected chi connectivity index (χ3v) is 8.74. The molecule has 0 aliphatic heterocycles. The Morgan fingerprint density at radius 2 is 1.77 bits per heavy atom. The number of sulfonamides is 1. The van der Waals surface area contributed by atoms with Gasteiger partial charge in [-0.15, -0.1) is 10.2 Å². The van der Waals surface area contributed by atoms with Gasteiger partial charge in [0, 0.05) is 39.2 Å². The van der Waals surface area contributed by atoms with E-state index in [4.69, 9.17) is 18.9 Å². The second kappa shape index (κ2) is 13.1. The zero-order chi connectivity index (χ0) is 32.3. The second-order valence-corrected chi connectivity index (χ2v) is 14.8. The fraction of sp³-hybridized carbons (Fsp3) is 0.548. The number of nitrogens with zero attached hydrogens (tertiary/aromatic N) is 5.